The zero-order valence-corrected chi connectivity index (χ0v) is 30.3. The number of carbonyl (C=O) groups excluding carboxylic acids is 6. The highest BCUT2D eigenvalue weighted by Gasteiger charge is 2.25. The molecule has 1 heterocycles. The van der Waals surface area contributed by atoms with Gasteiger partial charge in [-0.3, -0.25) is 19.2 Å². The van der Waals surface area contributed by atoms with Crippen LogP contribution >= 0.6 is 0 Å². The van der Waals surface area contributed by atoms with Gasteiger partial charge in [-0.1, -0.05) is 38.5 Å². The maximum absolute atomic E-state index is 13.4. The predicted molar refractivity (Wildman–Crippen MR) is 200 cm³/mol. The Bertz CT molecular complexity index is 1930. The summed E-state index contributed by atoms with van der Waals surface area (Å²) in [6.45, 7) is 1.36. The zero-order valence-electron chi connectivity index (χ0n) is 30.3. The fourth-order valence-electron chi connectivity index (χ4n) is 6.47. The predicted octanol–water partition coefficient (Wildman–Crippen LogP) is 7.70. The van der Waals surface area contributed by atoms with Crippen LogP contribution in [0.5, 0.6) is 23.0 Å². The van der Waals surface area contributed by atoms with Gasteiger partial charge in [-0.15, -0.1) is 0 Å². The lowest BCUT2D eigenvalue weighted by molar-refractivity contribution is -0.140. The van der Waals surface area contributed by atoms with E-state index in [1.54, 1.807) is 12.1 Å². The Kier molecular flexibility index (Phi) is 12.6. The van der Waals surface area contributed by atoms with Gasteiger partial charge in [0.05, 0.1) is 17.4 Å². The van der Waals surface area contributed by atoms with E-state index in [1.807, 2.05) is 0 Å². The Balaban J connectivity index is 1.16. The van der Waals surface area contributed by atoms with Crippen LogP contribution in [-0.2, 0) is 14.4 Å². The van der Waals surface area contributed by atoms with Crippen LogP contribution in [0.15, 0.2) is 84.9 Å². The minimum absolute atomic E-state index is 0.117. The minimum atomic E-state index is -0.944. The van der Waals surface area contributed by atoms with Gasteiger partial charge < -0.3 is 29.6 Å². The lowest BCUT2D eigenvalue weighted by atomic mass is 9.89. The molecule has 0 unspecified atom stereocenters. The topological polar surface area (TPSA) is 176 Å². The van der Waals surface area contributed by atoms with Gasteiger partial charge in [-0.05, 0) is 111 Å². The first kappa shape index (κ1) is 38.4. The molecule has 0 atom stereocenters. The van der Waals surface area contributed by atoms with Crippen LogP contribution in [0.25, 0.3) is 0 Å². The largest absolute Gasteiger partial charge is 0.426 e. The quantitative estimate of drug-likeness (QED) is 0.114. The monoisotopic (exact) mass is 747 g/mol. The van der Waals surface area contributed by atoms with E-state index in [0.717, 1.165) is 64.2 Å². The number of ether oxygens (including phenoxy) is 4. The van der Waals surface area contributed by atoms with Gasteiger partial charge in [0, 0.05) is 18.2 Å². The molecule has 1 aromatic heterocycles. The van der Waals surface area contributed by atoms with Crippen LogP contribution in [0.1, 0.15) is 102 Å². The molecule has 0 radical (unpaired) electrons. The normalized spacial score (nSPS) is 14.6. The Labute approximate surface area is 317 Å². The van der Waals surface area contributed by atoms with Crippen molar-refractivity contribution in [1.82, 2.24) is 4.98 Å². The third kappa shape index (κ3) is 10.8. The average molecular weight is 748 g/mol. The van der Waals surface area contributed by atoms with Crippen molar-refractivity contribution in [2.75, 3.05) is 10.6 Å². The van der Waals surface area contributed by atoms with Crippen molar-refractivity contribution in [3.8, 4) is 23.0 Å². The number of nitrogens with zero attached hydrogens (tertiary/aromatic N) is 1. The fourth-order valence-corrected chi connectivity index (χ4v) is 6.47. The molecule has 2 aliphatic rings. The Morgan fingerprint density at radius 1 is 0.527 bits per heavy atom. The Hall–Kier alpha value is -6.37. The zero-order chi connectivity index (χ0) is 38.7. The van der Waals surface area contributed by atoms with Crippen molar-refractivity contribution in [2.24, 2.45) is 11.8 Å². The number of nitrogens with one attached hydrogen (secondary N) is 2. The first-order valence-electron chi connectivity index (χ1n) is 18.4. The van der Waals surface area contributed by atoms with E-state index >= 15 is 0 Å². The molecule has 3 aromatic carbocycles. The number of carbonyl (C=O) groups is 6. The summed E-state index contributed by atoms with van der Waals surface area (Å²) in [7, 11) is 0. The van der Waals surface area contributed by atoms with Gasteiger partial charge >= 0.3 is 23.9 Å². The number of esters is 4. The van der Waals surface area contributed by atoms with Crippen LogP contribution in [0.2, 0.25) is 0 Å². The van der Waals surface area contributed by atoms with E-state index in [0.29, 0.717) is 17.2 Å². The molecular formula is C42H41N3O10. The molecule has 2 aliphatic carbocycles. The van der Waals surface area contributed by atoms with Gasteiger partial charge in [-0.2, -0.15) is 0 Å². The molecule has 2 saturated carbocycles. The number of hydrogen-bond acceptors (Lipinski definition) is 11. The Morgan fingerprint density at radius 2 is 0.982 bits per heavy atom. The minimum Gasteiger partial charge on any atom is -0.426 e. The molecule has 0 saturated heterocycles. The third-order valence-electron chi connectivity index (χ3n) is 9.36. The van der Waals surface area contributed by atoms with Crippen molar-refractivity contribution >= 4 is 47.2 Å². The summed E-state index contributed by atoms with van der Waals surface area (Å²) < 4.78 is 22.1. The van der Waals surface area contributed by atoms with Crippen LogP contribution < -0.4 is 29.6 Å². The van der Waals surface area contributed by atoms with E-state index in [2.05, 4.69) is 15.6 Å². The van der Waals surface area contributed by atoms with Crippen LogP contribution in [0, 0.1) is 11.8 Å². The van der Waals surface area contributed by atoms with Crippen LogP contribution in [0.3, 0.4) is 0 Å². The highest BCUT2D eigenvalue weighted by Crippen LogP contribution is 2.28. The van der Waals surface area contributed by atoms with E-state index in [1.165, 1.54) is 79.7 Å². The first-order valence-corrected chi connectivity index (χ1v) is 18.4. The second kappa shape index (κ2) is 18.1. The SMILES string of the molecule is CC(=O)Nc1ccc(C(=O)Nc2cc(C(=O)Oc3ccc(OC(=O)C4CCCCC4)cc3)cc(C(=O)Oc3ccc(OC(=O)C4CCCCC4)cc3)n2)cc1. The summed E-state index contributed by atoms with van der Waals surface area (Å²) in [6, 6.07) is 20.4. The molecule has 6 rings (SSSR count). The molecule has 13 nitrogen and oxygen atoms in total. The first-order chi connectivity index (χ1) is 26.6. The molecular weight excluding hydrogens is 706 g/mol. The molecule has 2 fully saturated rings. The molecule has 0 bridgehead atoms. The van der Waals surface area contributed by atoms with E-state index in [4.69, 9.17) is 18.9 Å². The van der Waals surface area contributed by atoms with Crippen molar-refractivity contribution < 1.29 is 47.7 Å². The molecule has 2 N–H and O–H groups in total. The van der Waals surface area contributed by atoms with Gasteiger partial charge in [0.25, 0.3) is 5.91 Å². The van der Waals surface area contributed by atoms with Crippen molar-refractivity contribution in [2.45, 2.75) is 71.1 Å². The van der Waals surface area contributed by atoms with Gasteiger partial charge in [-0.25, -0.2) is 14.6 Å². The third-order valence-corrected chi connectivity index (χ3v) is 9.36. The smallest absolute Gasteiger partial charge is 0.362 e. The number of amides is 2. The van der Waals surface area contributed by atoms with E-state index < -0.39 is 17.8 Å². The van der Waals surface area contributed by atoms with Crippen LogP contribution in [-0.4, -0.2) is 40.7 Å². The summed E-state index contributed by atoms with van der Waals surface area (Å²) in [5.41, 5.74) is 0.254. The molecule has 2 amide bonds. The maximum Gasteiger partial charge on any atom is 0.362 e. The van der Waals surface area contributed by atoms with Crippen molar-refractivity contribution in [1.29, 1.82) is 0 Å². The number of rotatable bonds is 11. The standard InChI is InChI=1S/C42H41N3O10/c1-26(46)43-31-14-12-27(13-15-31)38(47)45-37-25-30(41(50)54-34-18-16-32(17-19-34)52-39(48)28-8-4-2-5-9-28)24-36(44-37)42(51)55-35-22-20-33(21-23-35)53-40(49)29-10-6-3-7-11-29/h12-25,28-29H,2-11H2,1H3,(H,43,46)(H,44,45,47). The molecule has 0 spiro atoms. The number of hydrogen-bond donors (Lipinski definition) is 2. The molecule has 4 aromatic rings. The van der Waals surface area contributed by atoms with E-state index in [9.17, 15) is 28.8 Å². The number of pyridine rings is 1. The Morgan fingerprint density at radius 3 is 1.45 bits per heavy atom. The highest BCUT2D eigenvalue weighted by molar-refractivity contribution is 6.05. The maximum atomic E-state index is 13.4. The molecule has 55 heavy (non-hydrogen) atoms. The second-order valence-corrected chi connectivity index (χ2v) is 13.6. The van der Waals surface area contributed by atoms with Gasteiger partial charge in [0.15, 0.2) is 5.69 Å². The van der Waals surface area contributed by atoms with Crippen molar-refractivity contribution in [3.05, 3.63) is 102 Å². The second-order valence-electron chi connectivity index (χ2n) is 13.6. The number of benzene rings is 3. The summed E-state index contributed by atoms with van der Waals surface area (Å²) in [6.07, 6.45) is 9.38. The van der Waals surface area contributed by atoms with E-state index in [-0.39, 0.29) is 63.8 Å². The lowest BCUT2D eigenvalue weighted by Gasteiger charge is -2.19. The fraction of sp³-hybridized carbons (Fsp3) is 0.310. The average Bonchev–Trinajstić information content (AvgIpc) is 3.20. The van der Waals surface area contributed by atoms with Gasteiger partial charge in [0.2, 0.25) is 5.91 Å². The lowest BCUT2D eigenvalue weighted by Crippen LogP contribution is -2.22. The van der Waals surface area contributed by atoms with Crippen LogP contribution in [0.4, 0.5) is 11.5 Å². The summed E-state index contributed by atoms with van der Waals surface area (Å²) in [4.78, 5) is 80.7. The molecule has 13 heteroatoms. The van der Waals surface area contributed by atoms with Crippen molar-refractivity contribution in [3.63, 3.8) is 0 Å². The van der Waals surface area contributed by atoms with Gasteiger partial charge in [0.1, 0.15) is 28.8 Å². The summed E-state index contributed by atoms with van der Waals surface area (Å²) in [5, 5.41) is 5.21. The number of aromatic nitrogens is 1. The summed E-state index contributed by atoms with van der Waals surface area (Å²) in [5.74, 6) is -2.80. The highest BCUT2D eigenvalue weighted by atomic mass is 16.5. The molecule has 0 aliphatic heterocycles. The summed E-state index contributed by atoms with van der Waals surface area (Å²) >= 11 is 0. The molecule has 284 valence electrons. The number of anilines is 2.